The Morgan fingerprint density at radius 3 is 2.24 bits per heavy atom. The Morgan fingerprint density at radius 1 is 1.35 bits per heavy atom. The van der Waals surface area contributed by atoms with E-state index in [0.717, 1.165) is 6.92 Å². The summed E-state index contributed by atoms with van der Waals surface area (Å²) in [7, 11) is 0. The van der Waals surface area contributed by atoms with Crippen molar-refractivity contribution in [3.63, 3.8) is 0 Å². The Labute approximate surface area is 97.1 Å². The molecule has 0 saturated carbocycles. The van der Waals surface area contributed by atoms with Crippen LogP contribution in [-0.2, 0) is 14.3 Å². The summed E-state index contributed by atoms with van der Waals surface area (Å²) in [6, 6.07) is 0. The molecule has 0 aliphatic carbocycles. The molecule has 0 aromatic carbocycles. The zero-order chi connectivity index (χ0) is 13.6. The molecule has 1 unspecified atom stereocenters. The average molecular weight is 252 g/mol. The van der Waals surface area contributed by atoms with Crippen molar-refractivity contribution in [1.82, 2.24) is 0 Å². The molecule has 0 spiro atoms. The fourth-order valence-corrected chi connectivity index (χ4v) is 1.06. The first kappa shape index (κ1) is 15.9. The minimum absolute atomic E-state index is 0.0343. The monoisotopic (exact) mass is 252 g/mol. The fraction of sp³-hybridized carbons (Fsp3) is 0.778. The standard InChI is InChI=1S/C9H16O8/c1-4(9(15)16)17-8(6(13)3-11)7(14)5(12)2-10/h3-8,10,12-14H,2H2,1H3,(H,15,16)/t4?,5-,6+,7-,8-/m1/s1. The lowest BCUT2D eigenvalue weighted by Gasteiger charge is -2.28. The molecule has 0 aliphatic heterocycles. The van der Waals surface area contributed by atoms with Gasteiger partial charge < -0.3 is 35.1 Å². The highest BCUT2D eigenvalue weighted by Crippen LogP contribution is 2.11. The Balaban J connectivity index is 4.75. The molecule has 8 nitrogen and oxygen atoms in total. The maximum absolute atomic E-state index is 10.5. The number of aldehydes is 1. The van der Waals surface area contributed by atoms with E-state index in [1.165, 1.54) is 0 Å². The van der Waals surface area contributed by atoms with Gasteiger partial charge in [0.2, 0.25) is 0 Å². The van der Waals surface area contributed by atoms with Crippen molar-refractivity contribution in [2.24, 2.45) is 0 Å². The van der Waals surface area contributed by atoms with Crippen LogP contribution in [0.25, 0.3) is 0 Å². The smallest absolute Gasteiger partial charge is 0.332 e. The molecule has 0 aliphatic rings. The van der Waals surface area contributed by atoms with E-state index < -0.39 is 43.1 Å². The van der Waals surface area contributed by atoms with Crippen LogP contribution in [-0.4, -0.2) is 74.9 Å². The van der Waals surface area contributed by atoms with Crippen molar-refractivity contribution in [2.45, 2.75) is 37.4 Å². The van der Waals surface area contributed by atoms with Crippen molar-refractivity contribution in [3.05, 3.63) is 0 Å². The third-order valence-electron chi connectivity index (χ3n) is 2.10. The van der Waals surface area contributed by atoms with Gasteiger partial charge >= 0.3 is 5.97 Å². The predicted molar refractivity (Wildman–Crippen MR) is 53.1 cm³/mol. The Hall–Kier alpha value is -1.06. The first-order chi connectivity index (χ1) is 7.84. The molecule has 0 heterocycles. The van der Waals surface area contributed by atoms with Crippen LogP contribution in [0.5, 0.6) is 0 Å². The van der Waals surface area contributed by atoms with Crippen LogP contribution in [0, 0.1) is 0 Å². The molecule has 8 heteroatoms. The van der Waals surface area contributed by atoms with Crippen LogP contribution in [0.15, 0.2) is 0 Å². The van der Waals surface area contributed by atoms with Crippen LogP contribution >= 0.6 is 0 Å². The molecular formula is C9H16O8. The third kappa shape index (κ3) is 4.75. The molecule has 17 heavy (non-hydrogen) atoms. The highest BCUT2D eigenvalue weighted by Gasteiger charge is 2.35. The van der Waals surface area contributed by atoms with Gasteiger partial charge in [0.25, 0.3) is 0 Å². The first-order valence-corrected chi connectivity index (χ1v) is 4.83. The van der Waals surface area contributed by atoms with Gasteiger partial charge in [0.15, 0.2) is 12.4 Å². The van der Waals surface area contributed by atoms with Crippen molar-refractivity contribution >= 4 is 12.3 Å². The number of carboxylic acids is 1. The summed E-state index contributed by atoms with van der Waals surface area (Å²) in [4.78, 5) is 20.9. The molecule has 100 valence electrons. The SMILES string of the molecule is CC(O[C@@H]([C@H](O)[C@H](O)CO)[C@@H](O)C=O)C(=O)O. The van der Waals surface area contributed by atoms with Crippen molar-refractivity contribution in [3.8, 4) is 0 Å². The summed E-state index contributed by atoms with van der Waals surface area (Å²) in [5, 5.41) is 45.0. The van der Waals surface area contributed by atoms with E-state index in [4.69, 9.17) is 20.1 Å². The van der Waals surface area contributed by atoms with E-state index in [-0.39, 0.29) is 6.29 Å². The van der Waals surface area contributed by atoms with Crippen LogP contribution in [0.1, 0.15) is 6.92 Å². The van der Waals surface area contributed by atoms with Crippen LogP contribution in [0.2, 0.25) is 0 Å². The summed E-state index contributed by atoms with van der Waals surface area (Å²) in [5.74, 6) is -1.36. The van der Waals surface area contributed by atoms with E-state index in [1.54, 1.807) is 0 Å². The molecule has 0 aromatic heterocycles. The lowest BCUT2D eigenvalue weighted by atomic mass is 10.0. The van der Waals surface area contributed by atoms with E-state index >= 15 is 0 Å². The highest BCUT2D eigenvalue weighted by atomic mass is 16.5. The lowest BCUT2D eigenvalue weighted by Crippen LogP contribution is -2.50. The molecule has 0 radical (unpaired) electrons. The van der Waals surface area contributed by atoms with Gasteiger partial charge in [-0.25, -0.2) is 4.79 Å². The summed E-state index contributed by atoms with van der Waals surface area (Å²) in [6.07, 6.45) is -8.26. The van der Waals surface area contributed by atoms with Crippen LogP contribution < -0.4 is 0 Å². The predicted octanol–water partition coefficient (Wildman–Crippen LogP) is -2.88. The van der Waals surface area contributed by atoms with Gasteiger partial charge in [0.1, 0.15) is 24.4 Å². The number of carbonyl (C=O) groups is 2. The second-order valence-electron chi connectivity index (χ2n) is 3.45. The Bertz CT molecular complexity index is 255. The molecule has 0 amide bonds. The zero-order valence-corrected chi connectivity index (χ0v) is 9.13. The number of rotatable bonds is 8. The second kappa shape index (κ2) is 7.30. The summed E-state index contributed by atoms with van der Waals surface area (Å²) in [5.41, 5.74) is 0. The molecule has 5 N–H and O–H groups in total. The van der Waals surface area contributed by atoms with E-state index in [9.17, 15) is 19.8 Å². The Morgan fingerprint density at radius 2 is 1.88 bits per heavy atom. The summed E-state index contributed by atoms with van der Waals surface area (Å²) in [6.45, 7) is 0.305. The van der Waals surface area contributed by atoms with Gasteiger partial charge in [-0.1, -0.05) is 0 Å². The number of ether oxygens (including phenoxy) is 1. The van der Waals surface area contributed by atoms with Gasteiger partial charge in [-0.2, -0.15) is 0 Å². The number of aliphatic carboxylic acids is 1. The normalized spacial score (nSPS) is 20.1. The quantitative estimate of drug-likeness (QED) is 0.290. The molecule has 0 fully saturated rings. The van der Waals surface area contributed by atoms with Crippen LogP contribution in [0.4, 0.5) is 0 Å². The van der Waals surface area contributed by atoms with E-state index in [1.807, 2.05) is 0 Å². The second-order valence-corrected chi connectivity index (χ2v) is 3.45. The first-order valence-electron chi connectivity index (χ1n) is 4.83. The largest absolute Gasteiger partial charge is 0.479 e. The van der Waals surface area contributed by atoms with Crippen molar-refractivity contribution < 1.29 is 39.9 Å². The summed E-state index contributed by atoms with van der Waals surface area (Å²) >= 11 is 0. The van der Waals surface area contributed by atoms with Gasteiger partial charge in [0.05, 0.1) is 6.61 Å². The average Bonchev–Trinajstić information content (AvgIpc) is 2.32. The van der Waals surface area contributed by atoms with Crippen molar-refractivity contribution in [2.75, 3.05) is 6.61 Å². The molecule has 5 atom stereocenters. The molecule has 0 rings (SSSR count). The zero-order valence-electron chi connectivity index (χ0n) is 9.13. The van der Waals surface area contributed by atoms with Gasteiger partial charge in [-0.05, 0) is 6.92 Å². The molecule has 0 aromatic rings. The number of carboxylic acid groups (broad SMARTS) is 1. The van der Waals surface area contributed by atoms with Crippen molar-refractivity contribution in [1.29, 1.82) is 0 Å². The number of carbonyl (C=O) groups excluding carboxylic acids is 1. The number of aliphatic hydroxyl groups excluding tert-OH is 4. The minimum Gasteiger partial charge on any atom is -0.479 e. The minimum atomic E-state index is -1.81. The van der Waals surface area contributed by atoms with E-state index in [0.29, 0.717) is 0 Å². The molecular weight excluding hydrogens is 236 g/mol. The maximum Gasteiger partial charge on any atom is 0.332 e. The fourth-order valence-electron chi connectivity index (χ4n) is 1.06. The van der Waals surface area contributed by atoms with Gasteiger partial charge in [0, 0.05) is 0 Å². The highest BCUT2D eigenvalue weighted by molar-refractivity contribution is 5.71. The van der Waals surface area contributed by atoms with Gasteiger partial charge in [-0.3, -0.25) is 0 Å². The maximum atomic E-state index is 10.5. The number of aliphatic hydroxyl groups is 4. The molecule has 0 saturated heterocycles. The Kier molecular flexibility index (Phi) is 6.85. The molecule has 0 bridgehead atoms. The summed E-state index contributed by atoms with van der Waals surface area (Å²) < 4.78 is 4.75. The topological polar surface area (TPSA) is 145 Å². The third-order valence-corrected chi connectivity index (χ3v) is 2.10. The number of hydrogen-bond acceptors (Lipinski definition) is 7. The van der Waals surface area contributed by atoms with Crippen LogP contribution in [0.3, 0.4) is 0 Å². The van der Waals surface area contributed by atoms with Gasteiger partial charge in [-0.15, -0.1) is 0 Å². The lowest BCUT2D eigenvalue weighted by molar-refractivity contribution is -0.178. The van der Waals surface area contributed by atoms with E-state index in [2.05, 4.69) is 0 Å². The number of hydrogen-bond donors (Lipinski definition) is 5.